The molecular formula is C27H45N3O5. The van der Waals surface area contributed by atoms with Crippen LogP contribution in [0.3, 0.4) is 0 Å². The van der Waals surface area contributed by atoms with Crippen LogP contribution in [0.25, 0.3) is 0 Å². The van der Waals surface area contributed by atoms with Crippen molar-refractivity contribution in [2.24, 2.45) is 0 Å². The van der Waals surface area contributed by atoms with Crippen LogP contribution >= 0.6 is 0 Å². The highest BCUT2D eigenvalue weighted by Crippen LogP contribution is 2.26. The van der Waals surface area contributed by atoms with Crippen molar-refractivity contribution in [3.05, 3.63) is 35.4 Å². The van der Waals surface area contributed by atoms with Gasteiger partial charge >= 0.3 is 6.09 Å². The van der Waals surface area contributed by atoms with E-state index in [-0.39, 0.29) is 5.91 Å². The first-order valence-corrected chi connectivity index (χ1v) is 12.8. The van der Waals surface area contributed by atoms with Crippen molar-refractivity contribution in [2.45, 2.75) is 97.8 Å². The summed E-state index contributed by atoms with van der Waals surface area (Å²) >= 11 is 0. The lowest BCUT2D eigenvalue weighted by Gasteiger charge is -2.34. The molecule has 2 atom stereocenters. The van der Waals surface area contributed by atoms with Crippen molar-refractivity contribution >= 4 is 17.9 Å². The summed E-state index contributed by atoms with van der Waals surface area (Å²) in [5.74, 6) is -0.791. The van der Waals surface area contributed by atoms with Crippen LogP contribution in [0.15, 0.2) is 24.3 Å². The van der Waals surface area contributed by atoms with Crippen molar-refractivity contribution in [3.63, 3.8) is 0 Å². The SMILES string of the molecule is CCCCCNC(=O)C(c1ccccc1C)N(CCCCC)C(=O)C(CO)NC(=O)OC(C)(C)C. The molecule has 0 fully saturated rings. The maximum atomic E-state index is 13.7. The van der Waals surface area contributed by atoms with E-state index in [0.29, 0.717) is 19.5 Å². The van der Waals surface area contributed by atoms with E-state index >= 15 is 0 Å². The molecule has 0 aromatic heterocycles. The molecule has 0 heterocycles. The summed E-state index contributed by atoms with van der Waals surface area (Å²) in [5, 5.41) is 15.5. The van der Waals surface area contributed by atoms with E-state index in [2.05, 4.69) is 24.5 Å². The number of ether oxygens (including phenoxy) is 1. The minimum absolute atomic E-state index is 0.269. The lowest BCUT2D eigenvalue weighted by atomic mass is 9.97. The maximum Gasteiger partial charge on any atom is 0.408 e. The number of unbranched alkanes of at least 4 members (excludes halogenated alkanes) is 4. The average Bonchev–Trinajstić information content (AvgIpc) is 2.79. The normalized spacial score (nSPS) is 13.0. The molecule has 8 nitrogen and oxygen atoms in total. The lowest BCUT2D eigenvalue weighted by molar-refractivity contribution is -0.143. The molecule has 0 aliphatic rings. The molecule has 8 heteroatoms. The van der Waals surface area contributed by atoms with Crippen LogP contribution in [0.2, 0.25) is 0 Å². The highest BCUT2D eigenvalue weighted by Gasteiger charge is 2.36. The number of nitrogens with zero attached hydrogens (tertiary/aromatic N) is 1. The molecule has 2 unspecified atom stereocenters. The lowest BCUT2D eigenvalue weighted by Crippen LogP contribution is -2.54. The van der Waals surface area contributed by atoms with E-state index in [4.69, 9.17) is 4.74 Å². The first-order chi connectivity index (χ1) is 16.6. The second-order valence-corrected chi connectivity index (χ2v) is 9.88. The van der Waals surface area contributed by atoms with Gasteiger partial charge in [0.2, 0.25) is 11.8 Å². The Morgan fingerprint density at radius 2 is 1.66 bits per heavy atom. The molecule has 1 aromatic carbocycles. The fraction of sp³-hybridized carbons (Fsp3) is 0.667. The topological polar surface area (TPSA) is 108 Å². The smallest absolute Gasteiger partial charge is 0.408 e. The van der Waals surface area contributed by atoms with Gasteiger partial charge in [-0.2, -0.15) is 0 Å². The van der Waals surface area contributed by atoms with E-state index in [1.807, 2.05) is 31.2 Å². The maximum absolute atomic E-state index is 13.7. The van der Waals surface area contributed by atoms with Gasteiger partial charge in [-0.3, -0.25) is 9.59 Å². The Morgan fingerprint density at radius 3 is 2.23 bits per heavy atom. The first-order valence-electron chi connectivity index (χ1n) is 12.8. The number of aliphatic hydroxyl groups excluding tert-OH is 1. The summed E-state index contributed by atoms with van der Waals surface area (Å²) in [6.07, 6.45) is 4.61. The van der Waals surface area contributed by atoms with Crippen molar-refractivity contribution in [1.29, 1.82) is 0 Å². The molecule has 1 aromatic rings. The summed E-state index contributed by atoms with van der Waals surface area (Å²) in [7, 11) is 0. The summed E-state index contributed by atoms with van der Waals surface area (Å²) in [4.78, 5) is 41.0. The highest BCUT2D eigenvalue weighted by atomic mass is 16.6. The Morgan fingerprint density at radius 1 is 1.03 bits per heavy atom. The quantitative estimate of drug-likeness (QED) is 0.337. The van der Waals surface area contributed by atoms with Crippen LogP contribution in [0.1, 0.15) is 90.3 Å². The molecule has 0 aliphatic carbocycles. The Labute approximate surface area is 210 Å². The third-order valence-electron chi connectivity index (χ3n) is 5.58. The summed E-state index contributed by atoms with van der Waals surface area (Å²) in [5.41, 5.74) is 0.852. The Bertz CT molecular complexity index is 806. The second kappa shape index (κ2) is 15.4. The molecule has 3 amide bonds. The monoisotopic (exact) mass is 491 g/mol. The Balaban J connectivity index is 3.32. The number of nitrogens with one attached hydrogen (secondary N) is 2. The minimum Gasteiger partial charge on any atom is -0.444 e. The zero-order chi connectivity index (χ0) is 26.4. The minimum atomic E-state index is -1.23. The molecule has 198 valence electrons. The fourth-order valence-electron chi connectivity index (χ4n) is 3.76. The largest absolute Gasteiger partial charge is 0.444 e. The van der Waals surface area contributed by atoms with Gasteiger partial charge in [-0.1, -0.05) is 63.8 Å². The number of hydrogen-bond donors (Lipinski definition) is 3. The summed E-state index contributed by atoms with van der Waals surface area (Å²) in [6.45, 7) is 11.4. The molecule has 0 bridgehead atoms. The van der Waals surface area contributed by atoms with Gasteiger partial charge in [0.15, 0.2) is 0 Å². The number of hydrogen-bond acceptors (Lipinski definition) is 5. The predicted octanol–water partition coefficient (Wildman–Crippen LogP) is 4.25. The number of carbonyl (C=O) groups excluding carboxylic acids is 3. The molecule has 0 aliphatic heterocycles. The van der Waals surface area contributed by atoms with Crippen molar-refractivity contribution in [3.8, 4) is 0 Å². The zero-order valence-corrected chi connectivity index (χ0v) is 22.4. The van der Waals surface area contributed by atoms with Gasteiger partial charge in [-0.25, -0.2) is 4.79 Å². The van der Waals surface area contributed by atoms with Gasteiger partial charge in [0.25, 0.3) is 0 Å². The van der Waals surface area contributed by atoms with E-state index < -0.39 is 36.3 Å². The molecule has 0 radical (unpaired) electrons. The summed E-state index contributed by atoms with van der Waals surface area (Å²) in [6, 6.07) is 5.38. The standard InChI is InChI=1S/C27H45N3O5/c1-7-9-13-17-28-24(32)23(21-16-12-11-15-20(21)3)30(18-14-10-8-2)25(33)22(19-31)29-26(34)35-27(4,5)6/h11-12,15-16,22-23,31H,7-10,13-14,17-19H2,1-6H3,(H,28,32)(H,29,34). The number of alkyl carbamates (subject to hydrolysis) is 1. The van der Waals surface area contributed by atoms with Crippen LogP contribution in [-0.4, -0.2) is 59.3 Å². The van der Waals surface area contributed by atoms with Crippen LogP contribution in [-0.2, 0) is 14.3 Å². The zero-order valence-electron chi connectivity index (χ0n) is 22.4. The predicted molar refractivity (Wildman–Crippen MR) is 138 cm³/mol. The van der Waals surface area contributed by atoms with E-state index in [1.165, 1.54) is 4.90 Å². The van der Waals surface area contributed by atoms with Crippen molar-refractivity contribution in [2.75, 3.05) is 19.7 Å². The molecular weight excluding hydrogens is 446 g/mol. The van der Waals surface area contributed by atoms with Crippen LogP contribution in [0, 0.1) is 6.92 Å². The molecule has 3 N–H and O–H groups in total. The van der Waals surface area contributed by atoms with Crippen LogP contribution < -0.4 is 10.6 Å². The van der Waals surface area contributed by atoms with Gasteiger partial charge in [-0.05, 0) is 51.7 Å². The molecule has 0 saturated heterocycles. The molecule has 0 saturated carbocycles. The Kier molecular flexibility index (Phi) is 13.4. The molecule has 35 heavy (non-hydrogen) atoms. The van der Waals surface area contributed by atoms with Crippen molar-refractivity contribution < 1.29 is 24.2 Å². The van der Waals surface area contributed by atoms with Crippen LogP contribution in [0.4, 0.5) is 4.79 Å². The second-order valence-electron chi connectivity index (χ2n) is 9.88. The number of amides is 3. The van der Waals surface area contributed by atoms with Crippen molar-refractivity contribution in [1.82, 2.24) is 15.5 Å². The number of benzene rings is 1. The first kappa shape index (κ1) is 30.4. The van der Waals surface area contributed by atoms with Gasteiger partial charge in [-0.15, -0.1) is 0 Å². The van der Waals surface area contributed by atoms with E-state index in [9.17, 15) is 19.5 Å². The van der Waals surface area contributed by atoms with E-state index in [1.54, 1.807) is 20.8 Å². The van der Waals surface area contributed by atoms with E-state index in [0.717, 1.165) is 43.2 Å². The molecule has 1 rings (SSSR count). The van der Waals surface area contributed by atoms with Gasteiger partial charge in [0.05, 0.1) is 6.61 Å². The van der Waals surface area contributed by atoms with Gasteiger partial charge in [0.1, 0.15) is 17.7 Å². The van der Waals surface area contributed by atoms with Crippen LogP contribution in [0.5, 0.6) is 0 Å². The third kappa shape index (κ3) is 10.7. The number of rotatable bonds is 14. The number of aliphatic hydroxyl groups is 1. The number of aryl methyl sites for hydroxylation is 1. The average molecular weight is 492 g/mol. The van der Waals surface area contributed by atoms with Gasteiger partial charge < -0.3 is 25.4 Å². The summed E-state index contributed by atoms with van der Waals surface area (Å²) < 4.78 is 5.28. The number of carbonyl (C=O) groups is 3. The fourth-order valence-corrected chi connectivity index (χ4v) is 3.76. The Hall–Kier alpha value is -2.61. The highest BCUT2D eigenvalue weighted by molar-refractivity contribution is 5.92. The van der Waals surface area contributed by atoms with Gasteiger partial charge in [0, 0.05) is 13.1 Å². The third-order valence-corrected chi connectivity index (χ3v) is 5.58. The molecule has 0 spiro atoms.